The van der Waals surface area contributed by atoms with Gasteiger partial charge in [-0.15, -0.1) is 0 Å². The number of hydrogen-bond acceptors (Lipinski definition) is 10. The van der Waals surface area contributed by atoms with E-state index in [1.807, 2.05) is 105 Å². The lowest BCUT2D eigenvalue weighted by atomic mass is 10.1. The van der Waals surface area contributed by atoms with Crippen molar-refractivity contribution in [3.63, 3.8) is 0 Å². The number of benzene rings is 6. The molecule has 6 aromatic carbocycles. The number of carbonyl (C=O) groups is 4. The lowest BCUT2D eigenvalue weighted by Gasteiger charge is -2.24. The van der Waals surface area contributed by atoms with E-state index in [9.17, 15) is 24.0 Å². The number of carbonyl (C=O) groups excluding carboxylic acids is 4. The van der Waals surface area contributed by atoms with Crippen LogP contribution in [0.1, 0.15) is 109 Å². The fourth-order valence-corrected chi connectivity index (χ4v) is 8.45. The number of hydrogen-bond donors (Lipinski definition) is 2. The van der Waals surface area contributed by atoms with Crippen LogP contribution in [0.15, 0.2) is 138 Å². The van der Waals surface area contributed by atoms with Crippen LogP contribution in [-0.4, -0.2) is 74.2 Å². The van der Waals surface area contributed by atoms with Crippen molar-refractivity contribution in [1.29, 1.82) is 0 Å². The number of rotatable bonds is 23. The fraction of sp³-hybridized carbons (Fsp3) is 0.377. The molecule has 0 aliphatic heterocycles. The quantitative estimate of drug-likeness (QED) is 0.0464. The number of fused-ring (bicyclic) bond motifs is 2. The lowest BCUT2D eigenvalue weighted by molar-refractivity contribution is -0.159. The Labute approximate surface area is 446 Å². The van der Waals surface area contributed by atoms with Crippen molar-refractivity contribution in [2.24, 2.45) is 0 Å². The maximum absolute atomic E-state index is 13.0. The number of nitrogens with zero attached hydrogens (tertiary/aromatic N) is 4. The van der Waals surface area contributed by atoms with E-state index in [1.54, 1.807) is 62.9 Å². The van der Waals surface area contributed by atoms with Gasteiger partial charge in [-0.2, -0.15) is 5.10 Å². The van der Waals surface area contributed by atoms with E-state index in [4.69, 9.17) is 18.9 Å². The first-order chi connectivity index (χ1) is 36.5. The molecule has 7 aromatic rings. The van der Waals surface area contributed by atoms with E-state index in [1.165, 1.54) is 10.4 Å². The molecule has 15 nitrogen and oxygen atoms in total. The predicted octanol–water partition coefficient (Wildman–Crippen LogP) is 10.7. The summed E-state index contributed by atoms with van der Waals surface area (Å²) in [5, 5.41) is 13.4. The second kappa shape index (κ2) is 27.6. The zero-order valence-electron chi connectivity index (χ0n) is 45.4. The van der Waals surface area contributed by atoms with Gasteiger partial charge in [-0.25, -0.2) is 28.9 Å². The molecule has 0 aliphatic carbocycles. The van der Waals surface area contributed by atoms with E-state index in [-0.39, 0.29) is 36.6 Å². The van der Waals surface area contributed by atoms with Crippen molar-refractivity contribution in [2.75, 3.05) is 19.8 Å². The molecule has 0 fully saturated rings. The highest BCUT2D eigenvalue weighted by atomic mass is 16.6. The molecule has 0 aliphatic rings. The Kier molecular flexibility index (Phi) is 20.8. The van der Waals surface area contributed by atoms with Crippen molar-refractivity contribution in [3.05, 3.63) is 172 Å². The molecular weight excluding hydrogens is 961 g/mol. The van der Waals surface area contributed by atoms with Crippen molar-refractivity contribution in [3.8, 4) is 11.5 Å². The van der Waals surface area contributed by atoms with Gasteiger partial charge in [-0.3, -0.25) is 14.8 Å². The van der Waals surface area contributed by atoms with Crippen LogP contribution in [-0.2, 0) is 62.8 Å². The Morgan fingerprint density at radius 3 is 1.59 bits per heavy atom. The van der Waals surface area contributed by atoms with Crippen LogP contribution < -0.4 is 25.9 Å². The Balaban J connectivity index is 0.000000247. The van der Waals surface area contributed by atoms with Gasteiger partial charge >= 0.3 is 23.7 Å². The van der Waals surface area contributed by atoms with Gasteiger partial charge in [-0.1, -0.05) is 104 Å². The average molecular weight is 1040 g/mol. The van der Waals surface area contributed by atoms with E-state index in [2.05, 4.69) is 46.2 Å². The summed E-state index contributed by atoms with van der Waals surface area (Å²) in [7, 11) is 0. The molecule has 0 saturated heterocycles. The molecule has 0 radical (unpaired) electrons. The maximum atomic E-state index is 13.0. The Morgan fingerprint density at radius 1 is 0.592 bits per heavy atom. The second-order valence-electron chi connectivity index (χ2n) is 19.5. The third-order valence-corrected chi connectivity index (χ3v) is 12.5. The minimum atomic E-state index is -1.09. The monoisotopic (exact) mass is 1030 g/mol. The molecule has 0 spiro atoms. The third-order valence-electron chi connectivity index (χ3n) is 12.5. The van der Waals surface area contributed by atoms with Gasteiger partial charge in [0.05, 0.1) is 26.3 Å². The summed E-state index contributed by atoms with van der Waals surface area (Å²) in [5.41, 5.74) is 4.75. The highest BCUT2D eigenvalue weighted by Gasteiger charge is 2.32. The molecule has 0 unspecified atom stereocenters. The van der Waals surface area contributed by atoms with Gasteiger partial charge in [0.15, 0.2) is 11.2 Å². The summed E-state index contributed by atoms with van der Waals surface area (Å²) in [4.78, 5) is 62.6. The predicted molar refractivity (Wildman–Crippen MR) is 297 cm³/mol. The summed E-state index contributed by atoms with van der Waals surface area (Å²) >= 11 is 0. The van der Waals surface area contributed by atoms with Gasteiger partial charge in [0.25, 0.3) is 0 Å². The summed E-state index contributed by atoms with van der Waals surface area (Å²) in [6, 6.07) is 43.4. The first kappa shape index (κ1) is 57.3. The maximum Gasteiger partial charge on any atom is 0.349 e. The van der Waals surface area contributed by atoms with Crippen LogP contribution >= 0.6 is 0 Å². The number of amides is 3. The molecule has 3 amide bonds. The van der Waals surface area contributed by atoms with Crippen LogP contribution in [0.4, 0.5) is 4.79 Å². The van der Waals surface area contributed by atoms with Crippen molar-refractivity contribution < 1.29 is 38.1 Å². The number of hydrazine groups is 1. The molecule has 76 heavy (non-hydrogen) atoms. The number of urea groups is 1. The minimum Gasteiger partial charge on any atom is -0.476 e. The molecule has 0 atom stereocenters. The van der Waals surface area contributed by atoms with Gasteiger partial charge in [0.2, 0.25) is 5.91 Å². The molecule has 0 bridgehead atoms. The zero-order chi connectivity index (χ0) is 54.7. The molecular formula is C61H74N6O9. The Hall–Kier alpha value is -7.94. The van der Waals surface area contributed by atoms with Crippen molar-refractivity contribution in [1.82, 2.24) is 30.1 Å². The number of ether oxygens (including phenoxy) is 4. The largest absolute Gasteiger partial charge is 0.476 e. The van der Waals surface area contributed by atoms with Crippen LogP contribution in [0.3, 0.4) is 0 Å². The third kappa shape index (κ3) is 16.5. The molecule has 15 heteroatoms. The first-order valence-electron chi connectivity index (χ1n) is 26.4. The summed E-state index contributed by atoms with van der Waals surface area (Å²) in [5.74, 6) is 0.966. The molecule has 1 aromatic heterocycles. The Morgan fingerprint density at radius 2 is 1.08 bits per heavy atom. The summed E-state index contributed by atoms with van der Waals surface area (Å²) in [6.45, 7) is 16.7. The summed E-state index contributed by atoms with van der Waals surface area (Å²) in [6.07, 6.45) is 4.78. The Bertz CT molecular complexity index is 3090. The summed E-state index contributed by atoms with van der Waals surface area (Å²) < 4.78 is 25.1. The van der Waals surface area contributed by atoms with Crippen LogP contribution in [0, 0.1) is 0 Å². The number of aryl methyl sites for hydroxylation is 3. The number of esters is 2. The van der Waals surface area contributed by atoms with E-state index >= 15 is 0 Å². The number of nitrogens with one attached hydrogen (secondary N) is 2. The lowest BCUT2D eigenvalue weighted by Crippen LogP contribution is -2.50. The zero-order valence-corrected chi connectivity index (χ0v) is 45.4. The average Bonchev–Trinajstić information content (AvgIpc) is 3.71. The molecule has 0 saturated carbocycles. The van der Waals surface area contributed by atoms with E-state index in [0.29, 0.717) is 63.6 Å². The fourth-order valence-electron chi connectivity index (χ4n) is 8.45. The van der Waals surface area contributed by atoms with Gasteiger partial charge in [0.1, 0.15) is 17.3 Å². The molecule has 402 valence electrons. The molecule has 2 N–H and O–H groups in total. The highest BCUT2D eigenvalue weighted by molar-refractivity contribution is 5.85. The minimum absolute atomic E-state index is 0.0728. The molecule has 1 heterocycles. The van der Waals surface area contributed by atoms with Gasteiger partial charge in [-0.05, 0) is 161 Å². The normalized spacial score (nSPS) is 11.3. The van der Waals surface area contributed by atoms with Gasteiger partial charge < -0.3 is 24.3 Å². The van der Waals surface area contributed by atoms with Crippen molar-refractivity contribution in [2.45, 2.75) is 131 Å². The second-order valence-corrected chi connectivity index (χ2v) is 19.5. The van der Waals surface area contributed by atoms with Crippen LogP contribution in [0.25, 0.3) is 21.5 Å². The van der Waals surface area contributed by atoms with E-state index in [0.717, 1.165) is 63.5 Å². The highest BCUT2D eigenvalue weighted by Crippen LogP contribution is 2.24. The molecule has 7 rings (SSSR count). The topological polar surface area (TPSA) is 172 Å². The van der Waals surface area contributed by atoms with Crippen molar-refractivity contribution >= 4 is 45.4 Å². The first-order valence-corrected chi connectivity index (χ1v) is 26.4. The van der Waals surface area contributed by atoms with Crippen LogP contribution in [0.2, 0.25) is 0 Å². The van der Waals surface area contributed by atoms with Crippen LogP contribution in [0.5, 0.6) is 11.5 Å². The van der Waals surface area contributed by atoms with E-state index < -0.39 is 17.2 Å². The smallest absolute Gasteiger partial charge is 0.349 e. The SMILES string of the molecule is CCCNC(=O)N(Cc1ccc2ccccc2c1)NC(=O)CCCc1ccc(OC(C)(C)C(=O)OCC)cc1.CCOC(=O)C(C)(C)Oc1ccc(CCCc2nn(Cc3ccc4ccccc4c3)c(=O)n2CC)cc1. The van der Waals surface area contributed by atoms with Gasteiger partial charge in [0, 0.05) is 25.9 Å². The number of aromatic nitrogens is 3. The standard InChI is InChI=1S/C31H39N3O5.C30H35N3O4/c1-5-20-32-30(37)34(22-24-14-17-25-11-7-8-12-26(25)21-24)33-28(35)13-9-10-23-15-18-27(19-16-23)39-31(3,4)29(36)38-6-2;1-5-32-27(31-33(29(32)35)21-23-14-17-24-11-7-8-12-25(24)20-23)13-9-10-22-15-18-26(19-16-22)37-30(3,4)28(34)36-6-2/h7-8,11-12,14-19,21H,5-6,9-10,13,20,22H2,1-4H3,(H,32,37)(H,33,35);7-8,11-12,14-20H,5-6,9-10,13,21H2,1-4H3.